The summed E-state index contributed by atoms with van der Waals surface area (Å²) in [5.74, 6) is 0. The zero-order valence-electron chi connectivity index (χ0n) is 9.43. The predicted molar refractivity (Wildman–Crippen MR) is 73.1 cm³/mol. The van der Waals surface area contributed by atoms with E-state index >= 15 is 0 Å². The van der Waals surface area contributed by atoms with Gasteiger partial charge >= 0.3 is 0 Å². The quantitative estimate of drug-likeness (QED) is 0.923. The maximum absolute atomic E-state index is 11.9. The van der Waals surface area contributed by atoms with Crippen molar-refractivity contribution in [2.45, 2.75) is 6.54 Å². The Hall–Kier alpha value is -2.06. The van der Waals surface area contributed by atoms with E-state index in [4.69, 9.17) is 11.0 Å². The molecule has 2 aromatic rings. The van der Waals surface area contributed by atoms with Crippen LogP contribution in [0.1, 0.15) is 11.1 Å². The molecule has 0 aliphatic carbocycles. The first-order valence-electron chi connectivity index (χ1n) is 5.25. The first-order valence-corrected chi connectivity index (χ1v) is 6.04. The molecule has 2 N–H and O–H groups in total. The van der Waals surface area contributed by atoms with Crippen molar-refractivity contribution in [2.75, 3.05) is 5.73 Å². The fourth-order valence-corrected chi connectivity index (χ4v) is 2.18. The summed E-state index contributed by atoms with van der Waals surface area (Å²) in [7, 11) is 0. The van der Waals surface area contributed by atoms with Gasteiger partial charge in [0.05, 0.1) is 22.7 Å². The summed E-state index contributed by atoms with van der Waals surface area (Å²) in [6.45, 7) is 0.326. The summed E-state index contributed by atoms with van der Waals surface area (Å²) in [5.41, 5.74) is 7.37. The predicted octanol–water partition coefficient (Wildman–Crippen LogP) is 2.11. The normalized spacial score (nSPS) is 10.0. The lowest BCUT2D eigenvalue weighted by Crippen LogP contribution is -2.21. The molecule has 0 aliphatic heterocycles. The summed E-state index contributed by atoms with van der Waals surface area (Å²) in [4.78, 5) is 11.9. The second kappa shape index (κ2) is 5.07. The van der Waals surface area contributed by atoms with Gasteiger partial charge in [-0.05, 0) is 33.6 Å². The van der Waals surface area contributed by atoms with Crippen LogP contribution in [0.4, 0.5) is 5.69 Å². The number of hydrogen-bond acceptors (Lipinski definition) is 3. The van der Waals surface area contributed by atoms with E-state index in [1.807, 2.05) is 12.1 Å². The van der Waals surface area contributed by atoms with E-state index in [9.17, 15) is 4.79 Å². The lowest BCUT2D eigenvalue weighted by Gasteiger charge is -2.08. The molecule has 0 amide bonds. The molecule has 4 nitrogen and oxygen atoms in total. The summed E-state index contributed by atoms with van der Waals surface area (Å²) in [5, 5.41) is 9.00. The van der Waals surface area contributed by atoms with Gasteiger partial charge in [-0.3, -0.25) is 4.79 Å². The second-order valence-electron chi connectivity index (χ2n) is 3.82. The maximum atomic E-state index is 11.9. The molecule has 1 aromatic carbocycles. The van der Waals surface area contributed by atoms with Crippen LogP contribution >= 0.6 is 15.9 Å². The molecule has 0 bridgehead atoms. The molecule has 0 saturated heterocycles. The molecule has 1 aromatic heterocycles. The maximum Gasteiger partial charge on any atom is 0.265 e. The highest BCUT2D eigenvalue weighted by Crippen LogP contribution is 2.12. The second-order valence-corrected chi connectivity index (χ2v) is 4.68. The van der Waals surface area contributed by atoms with Crippen molar-refractivity contribution >= 4 is 21.6 Å². The van der Waals surface area contributed by atoms with Crippen molar-refractivity contribution in [3.05, 3.63) is 62.5 Å². The third kappa shape index (κ3) is 2.44. The zero-order chi connectivity index (χ0) is 13.1. The molecule has 0 aliphatic rings. The van der Waals surface area contributed by atoms with Crippen LogP contribution in [-0.2, 0) is 6.54 Å². The molecule has 2 rings (SSSR count). The van der Waals surface area contributed by atoms with Gasteiger partial charge in [0.25, 0.3) is 5.56 Å². The molecule has 0 fully saturated rings. The molecule has 0 saturated carbocycles. The van der Waals surface area contributed by atoms with Gasteiger partial charge in [-0.25, -0.2) is 0 Å². The molecule has 0 radical (unpaired) electrons. The number of nitrogens with zero attached hydrogens (tertiary/aromatic N) is 2. The Balaban J connectivity index is 2.47. The molecule has 5 heteroatoms. The number of nitrogen functional groups attached to an aromatic ring is 1. The Morgan fingerprint density at radius 2 is 2.11 bits per heavy atom. The molecular weight excluding hydrogens is 294 g/mol. The minimum atomic E-state index is -0.169. The average Bonchev–Trinajstić information content (AvgIpc) is 2.36. The fourth-order valence-electron chi connectivity index (χ4n) is 1.69. The number of halogens is 1. The van der Waals surface area contributed by atoms with E-state index in [0.29, 0.717) is 22.3 Å². The van der Waals surface area contributed by atoms with Crippen molar-refractivity contribution in [1.29, 1.82) is 5.26 Å². The Kier molecular flexibility index (Phi) is 3.49. The molecule has 90 valence electrons. The smallest absolute Gasteiger partial charge is 0.265 e. The topological polar surface area (TPSA) is 71.8 Å². The minimum absolute atomic E-state index is 0.169. The minimum Gasteiger partial charge on any atom is -0.398 e. The Morgan fingerprint density at radius 3 is 2.83 bits per heavy atom. The van der Waals surface area contributed by atoms with Gasteiger partial charge in [0.2, 0.25) is 0 Å². The summed E-state index contributed by atoms with van der Waals surface area (Å²) in [6, 6.07) is 10.8. The molecule has 0 atom stereocenters. The number of rotatable bonds is 2. The van der Waals surface area contributed by atoms with E-state index in [-0.39, 0.29) is 5.56 Å². The van der Waals surface area contributed by atoms with Crippen LogP contribution in [0.3, 0.4) is 0 Å². The highest BCUT2D eigenvalue weighted by molar-refractivity contribution is 9.10. The van der Waals surface area contributed by atoms with Crippen LogP contribution in [0.2, 0.25) is 0 Å². The molecule has 18 heavy (non-hydrogen) atoms. The Bertz CT molecular complexity index is 685. The largest absolute Gasteiger partial charge is 0.398 e. The van der Waals surface area contributed by atoms with Crippen LogP contribution in [0.15, 0.2) is 45.8 Å². The fraction of sp³-hybridized carbons (Fsp3) is 0.0769. The van der Waals surface area contributed by atoms with Crippen molar-refractivity contribution < 1.29 is 0 Å². The van der Waals surface area contributed by atoms with E-state index in [2.05, 4.69) is 22.0 Å². The van der Waals surface area contributed by atoms with Gasteiger partial charge in [-0.1, -0.05) is 18.2 Å². The van der Waals surface area contributed by atoms with Crippen LogP contribution in [0.5, 0.6) is 0 Å². The third-order valence-electron chi connectivity index (χ3n) is 2.54. The standard InChI is InChI=1S/C13H10BrN3O/c14-12-5-11(16)8-17(13(12)18)7-10-4-2-1-3-9(10)6-15/h1-5,8H,7,16H2. The highest BCUT2D eigenvalue weighted by atomic mass is 79.9. The number of aromatic nitrogens is 1. The van der Waals surface area contributed by atoms with Crippen LogP contribution in [0.25, 0.3) is 0 Å². The van der Waals surface area contributed by atoms with Crippen LogP contribution in [-0.4, -0.2) is 4.57 Å². The first-order chi connectivity index (χ1) is 8.61. The number of anilines is 1. The number of benzene rings is 1. The Labute approximate surface area is 112 Å². The monoisotopic (exact) mass is 303 g/mol. The van der Waals surface area contributed by atoms with Gasteiger partial charge in [-0.15, -0.1) is 0 Å². The zero-order valence-corrected chi connectivity index (χ0v) is 11.0. The van der Waals surface area contributed by atoms with E-state index < -0.39 is 0 Å². The molecular formula is C13H10BrN3O. The number of nitrogens with two attached hydrogens (primary N) is 1. The van der Waals surface area contributed by atoms with Gasteiger partial charge in [-0.2, -0.15) is 5.26 Å². The Morgan fingerprint density at radius 1 is 1.39 bits per heavy atom. The van der Waals surface area contributed by atoms with Crippen LogP contribution < -0.4 is 11.3 Å². The van der Waals surface area contributed by atoms with Gasteiger partial charge in [0.1, 0.15) is 0 Å². The lowest BCUT2D eigenvalue weighted by molar-refractivity contribution is 0.755. The van der Waals surface area contributed by atoms with Gasteiger partial charge in [0.15, 0.2) is 0 Å². The van der Waals surface area contributed by atoms with Crippen molar-refractivity contribution in [2.24, 2.45) is 0 Å². The van der Waals surface area contributed by atoms with Crippen molar-refractivity contribution in [3.63, 3.8) is 0 Å². The molecule has 1 heterocycles. The summed E-state index contributed by atoms with van der Waals surface area (Å²) >= 11 is 3.17. The van der Waals surface area contributed by atoms with Crippen molar-refractivity contribution in [3.8, 4) is 6.07 Å². The van der Waals surface area contributed by atoms with E-state index in [0.717, 1.165) is 5.56 Å². The SMILES string of the molecule is N#Cc1ccccc1Cn1cc(N)cc(Br)c1=O. The van der Waals surface area contributed by atoms with E-state index in [1.54, 1.807) is 24.4 Å². The lowest BCUT2D eigenvalue weighted by atomic mass is 10.1. The van der Waals surface area contributed by atoms with Gasteiger partial charge < -0.3 is 10.3 Å². The van der Waals surface area contributed by atoms with Crippen LogP contribution in [0, 0.1) is 11.3 Å². The van der Waals surface area contributed by atoms with Crippen molar-refractivity contribution in [1.82, 2.24) is 4.57 Å². The number of pyridine rings is 1. The average molecular weight is 304 g/mol. The number of hydrogen-bond donors (Lipinski definition) is 1. The molecule has 0 spiro atoms. The highest BCUT2D eigenvalue weighted by Gasteiger charge is 2.06. The summed E-state index contributed by atoms with van der Waals surface area (Å²) in [6.07, 6.45) is 1.57. The summed E-state index contributed by atoms with van der Waals surface area (Å²) < 4.78 is 1.90. The number of nitriles is 1. The van der Waals surface area contributed by atoms with E-state index in [1.165, 1.54) is 4.57 Å². The first kappa shape index (κ1) is 12.4. The van der Waals surface area contributed by atoms with Gasteiger partial charge in [0, 0.05) is 11.9 Å². The third-order valence-corrected chi connectivity index (χ3v) is 3.11. The molecule has 0 unspecified atom stereocenters.